The van der Waals surface area contributed by atoms with Gasteiger partial charge in [0.1, 0.15) is 0 Å². The molecule has 0 bridgehead atoms. The number of amides is 2. The first-order valence-electron chi connectivity index (χ1n) is 7.62. The Labute approximate surface area is 154 Å². The number of anilines is 1. The second kappa shape index (κ2) is 9.44. The predicted molar refractivity (Wildman–Crippen MR) is 102 cm³/mol. The Bertz CT molecular complexity index is 675. The molecule has 0 spiro atoms. The van der Waals surface area contributed by atoms with Crippen LogP contribution < -0.4 is 10.6 Å². The van der Waals surface area contributed by atoms with Crippen molar-refractivity contribution >= 4 is 44.8 Å². The van der Waals surface area contributed by atoms with Crippen LogP contribution in [0.5, 0.6) is 0 Å². The van der Waals surface area contributed by atoms with Gasteiger partial charge in [-0.1, -0.05) is 18.2 Å². The van der Waals surface area contributed by atoms with Crippen LogP contribution >= 0.6 is 27.3 Å². The Hall–Kier alpha value is -1.86. The zero-order valence-electron chi connectivity index (χ0n) is 13.4. The van der Waals surface area contributed by atoms with Crippen molar-refractivity contribution < 1.29 is 9.59 Å². The lowest BCUT2D eigenvalue weighted by molar-refractivity contribution is -0.121. The third-order valence-corrected chi connectivity index (χ3v) is 4.90. The summed E-state index contributed by atoms with van der Waals surface area (Å²) in [5.41, 5.74) is 1.07. The lowest BCUT2D eigenvalue weighted by atomic mass is 10.3. The molecule has 0 aliphatic carbocycles. The molecular formula is C17H20BrN3O2S. The summed E-state index contributed by atoms with van der Waals surface area (Å²) in [5, 5.41) is 6.12. The summed E-state index contributed by atoms with van der Waals surface area (Å²) in [5.74, 6) is -0.298. The lowest BCUT2D eigenvalue weighted by Gasteiger charge is -2.16. The zero-order valence-corrected chi connectivity index (χ0v) is 15.8. The van der Waals surface area contributed by atoms with E-state index in [-0.39, 0.29) is 18.4 Å². The quantitative estimate of drug-likeness (QED) is 0.658. The molecule has 0 aliphatic heterocycles. The molecular weight excluding hydrogens is 390 g/mol. The molecule has 0 unspecified atom stereocenters. The van der Waals surface area contributed by atoms with Gasteiger partial charge >= 0.3 is 0 Å². The minimum absolute atomic E-state index is 0.0560. The van der Waals surface area contributed by atoms with Crippen LogP contribution in [0.4, 0.5) is 5.69 Å². The van der Waals surface area contributed by atoms with E-state index in [1.807, 2.05) is 36.4 Å². The molecule has 0 radical (unpaired) electrons. The molecule has 0 saturated carbocycles. The SMILES string of the molecule is CN(CC(=O)NCCCNc1ccccc1)C(=O)c1ccc(Br)s1. The summed E-state index contributed by atoms with van der Waals surface area (Å²) in [6, 6.07) is 13.5. The molecule has 1 aromatic carbocycles. The van der Waals surface area contributed by atoms with Gasteiger partial charge in [-0.3, -0.25) is 9.59 Å². The Balaban J connectivity index is 1.63. The average Bonchev–Trinajstić information content (AvgIpc) is 3.01. The molecule has 0 saturated heterocycles. The minimum atomic E-state index is -0.152. The van der Waals surface area contributed by atoms with Crippen LogP contribution in [-0.2, 0) is 4.79 Å². The van der Waals surface area contributed by atoms with Gasteiger partial charge in [-0.05, 0) is 46.6 Å². The Kier molecular flexibility index (Phi) is 7.27. The van der Waals surface area contributed by atoms with Crippen molar-refractivity contribution in [1.82, 2.24) is 10.2 Å². The van der Waals surface area contributed by atoms with Gasteiger partial charge < -0.3 is 15.5 Å². The molecule has 2 N–H and O–H groups in total. The summed E-state index contributed by atoms with van der Waals surface area (Å²) in [4.78, 5) is 26.1. The van der Waals surface area contributed by atoms with Gasteiger partial charge in [0.2, 0.25) is 5.91 Å². The van der Waals surface area contributed by atoms with Crippen LogP contribution in [0.15, 0.2) is 46.3 Å². The number of nitrogens with one attached hydrogen (secondary N) is 2. The predicted octanol–water partition coefficient (Wildman–Crippen LogP) is 3.20. The number of rotatable bonds is 8. The number of para-hydroxylation sites is 1. The summed E-state index contributed by atoms with van der Waals surface area (Å²) in [6.45, 7) is 1.41. The highest BCUT2D eigenvalue weighted by Crippen LogP contribution is 2.22. The van der Waals surface area contributed by atoms with Crippen LogP contribution in [0.2, 0.25) is 0 Å². The molecule has 5 nitrogen and oxygen atoms in total. The van der Waals surface area contributed by atoms with Gasteiger partial charge in [-0.2, -0.15) is 0 Å². The number of nitrogens with zero attached hydrogens (tertiary/aromatic N) is 1. The lowest BCUT2D eigenvalue weighted by Crippen LogP contribution is -2.38. The number of thiophene rings is 1. The largest absolute Gasteiger partial charge is 0.385 e. The van der Waals surface area contributed by atoms with E-state index >= 15 is 0 Å². The maximum absolute atomic E-state index is 12.2. The second-order valence-corrected chi connectivity index (χ2v) is 7.72. The smallest absolute Gasteiger partial charge is 0.264 e. The van der Waals surface area contributed by atoms with Gasteiger partial charge in [0.25, 0.3) is 5.91 Å². The standard InChI is InChI=1S/C17H20BrN3O2S/c1-21(17(23)14-8-9-15(18)24-14)12-16(22)20-11-5-10-19-13-6-3-2-4-7-13/h2-4,6-9,19H,5,10-12H2,1H3,(H,20,22). The van der Waals surface area contributed by atoms with E-state index in [0.717, 1.165) is 22.4 Å². The van der Waals surface area contributed by atoms with E-state index in [2.05, 4.69) is 26.6 Å². The van der Waals surface area contributed by atoms with E-state index < -0.39 is 0 Å². The topological polar surface area (TPSA) is 61.4 Å². The van der Waals surface area contributed by atoms with Gasteiger partial charge in [0.05, 0.1) is 15.2 Å². The third kappa shape index (κ3) is 5.98. The summed E-state index contributed by atoms with van der Waals surface area (Å²) in [7, 11) is 1.63. The molecule has 128 valence electrons. The van der Waals surface area contributed by atoms with Crippen molar-refractivity contribution in [3.8, 4) is 0 Å². The number of halogens is 1. The van der Waals surface area contributed by atoms with E-state index in [1.165, 1.54) is 16.2 Å². The molecule has 0 fully saturated rings. The van der Waals surface area contributed by atoms with Crippen molar-refractivity contribution in [2.75, 3.05) is 32.0 Å². The maximum Gasteiger partial charge on any atom is 0.264 e. The van der Waals surface area contributed by atoms with Gasteiger partial charge in [-0.15, -0.1) is 11.3 Å². The molecule has 2 aromatic rings. The highest BCUT2D eigenvalue weighted by atomic mass is 79.9. The van der Waals surface area contributed by atoms with Crippen molar-refractivity contribution in [2.24, 2.45) is 0 Å². The Morgan fingerprint density at radius 3 is 2.54 bits per heavy atom. The van der Waals surface area contributed by atoms with Crippen LogP contribution in [0, 0.1) is 0 Å². The van der Waals surface area contributed by atoms with Crippen LogP contribution in [-0.4, -0.2) is 43.4 Å². The molecule has 0 atom stereocenters. The maximum atomic E-state index is 12.2. The number of hydrogen-bond acceptors (Lipinski definition) is 4. The summed E-state index contributed by atoms with van der Waals surface area (Å²) in [6.07, 6.45) is 0.816. The molecule has 24 heavy (non-hydrogen) atoms. The van der Waals surface area contributed by atoms with E-state index in [9.17, 15) is 9.59 Å². The highest BCUT2D eigenvalue weighted by molar-refractivity contribution is 9.11. The fraction of sp³-hybridized carbons (Fsp3) is 0.294. The molecule has 7 heteroatoms. The van der Waals surface area contributed by atoms with Crippen LogP contribution in [0.3, 0.4) is 0 Å². The number of benzene rings is 1. The van der Waals surface area contributed by atoms with Crippen molar-refractivity contribution in [1.29, 1.82) is 0 Å². The minimum Gasteiger partial charge on any atom is -0.385 e. The molecule has 2 rings (SSSR count). The first-order chi connectivity index (χ1) is 11.6. The fourth-order valence-electron chi connectivity index (χ4n) is 2.07. The van der Waals surface area contributed by atoms with Crippen LogP contribution in [0.25, 0.3) is 0 Å². The Morgan fingerprint density at radius 2 is 1.88 bits per heavy atom. The normalized spacial score (nSPS) is 10.2. The second-order valence-electron chi connectivity index (χ2n) is 5.26. The highest BCUT2D eigenvalue weighted by Gasteiger charge is 2.16. The van der Waals surface area contributed by atoms with E-state index in [0.29, 0.717) is 11.4 Å². The average molecular weight is 410 g/mol. The van der Waals surface area contributed by atoms with Gasteiger partial charge in [0, 0.05) is 25.8 Å². The van der Waals surface area contributed by atoms with E-state index in [1.54, 1.807) is 13.1 Å². The van der Waals surface area contributed by atoms with Crippen molar-refractivity contribution in [2.45, 2.75) is 6.42 Å². The number of hydrogen-bond donors (Lipinski definition) is 2. The number of carbonyl (C=O) groups is 2. The number of likely N-dealkylation sites (N-methyl/N-ethyl adjacent to an activating group) is 1. The number of carbonyl (C=O) groups excluding carboxylic acids is 2. The summed E-state index contributed by atoms with van der Waals surface area (Å²) >= 11 is 4.69. The molecule has 1 heterocycles. The molecule has 1 aromatic heterocycles. The molecule has 2 amide bonds. The zero-order chi connectivity index (χ0) is 17.4. The summed E-state index contributed by atoms with van der Waals surface area (Å²) < 4.78 is 0.898. The molecule has 0 aliphatic rings. The first-order valence-corrected chi connectivity index (χ1v) is 9.23. The van der Waals surface area contributed by atoms with Gasteiger partial charge in [-0.25, -0.2) is 0 Å². The first kappa shape index (κ1) is 18.5. The van der Waals surface area contributed by atoms with Crippen molar-refractivity contribution in [3.05, 3.63) is 51.1 Å². The monoisotopic (exact) mass is 409 g/mol. The Morgan fingerprint density at radius 1 is 1.12 bits per heavy atom. The van der Waals surface area contributed by atoms with E-state index in [4.69, 9.17) is 0 Å². The fourth-order valence-corrected chi connectivity index (χ4v) is 3.45. The third-order valence-electron chi connectivity index (χ3n) is 3.29. The van der Waals surface area contributed by atoms with Crippen LogP contribution in [0.1, 0.15) is 16.1 Å². The van der Waals surface area contributed by atoms with Crippen molar-refractivity contribution in [3.63, 3.8) is 0 Å². The van der Waals surface area contributed by atoms with Gasteiger partial charge in [0.15, 0.2) is 0 Å².